The fourth-order valence-electron chi connectivity index (χ4n) is 1.69. The molecular weight excluding hydrogens is 336 g/mol. The van der Waals surface area contributed by atoms with E-state index in [4.69, 9.17) is 16.3 Å². The Morgan fingerprint density at radius 2 is 2.11 bits per heavy atom. The summed E-state index contributed by atoms with van der Waals surface area (Å²) in [6.45, 7) is 1.99. The van der Waals surface area contributed by atoms with Crippen LogP contribution in [0.15, 0.2) is 28.1 Å². The zero-order valence-corrected chi connectivity index (χ0v) is 13.1. The van der Waals surface area contributed by atoms with Crippen molar-refractivity contribution in [3.8, 4) is 5.75 Å². The Kier molecular flexibility index (Phi) is 4.33. The van der Waals surface area contributed by atoms with E-state index in [1.165, 1.54) is 11.3 Å². The van der Waals surface area contributed by atoms with Crippen molar-refractivity contribution in [3.63, 3.8) is 0 Å². The van der Waals surface area contributed by atoms with E-state index < -0.39 is 6.10 Å². The predicted molar refractivity (Wildman–Crippen MR) is 78.8 cm³/mol. The zero-order valence-electron chi connectivity index (χ0n) is 9.91. The number of benzene rings is 1. The topological polar surface area (TPSA) is 29.5 Å². The third-order valence-corrected chi connectivity index (χ3v) is 5.06. The first-order valence-corrected chi connectivity index (χ1v) is 7.29. The summed E-state index contributed by atoms with van der Waals surface area (Å²) in [5.41, 5.74) is 1.79. The number of hydrogen-bond acceptors (Lipinski definition) is 3. The smallest absolute Gasteiger partial charge is 0.125 e. The third-order valence-electron chi connectivity index (χ3n) is 2.63. The van der Waals surface area contributed by atoms with Gasteiger partial charge in [0.25, 0.3) is 0 Å². The van der Waals surface area contributed by atoms with Crippen LogP contribution in [0.25, 0.3) is 0 Å². The molecule has 0 aliphatic rings. The number of methoxy groups -OCH3 is 1. The van der Waals surface area contributed by atoms with Crippen LogP contribution in [-0.2, 0) is 0 Å². The number of hydrogen-bond donors (Lipinski definition) is 1. The van der Waals surface area contributed by atoms with E-state index >= 15 is 0 Å². The fourth-order valence-corrected chi connectivity index (χ4v) is 3.45. The Labute approximate surface area is 123 Å². The average molecular weight is 348 g/mol. The number of aliphatic hydroxyl groups is 1. The highest BCUT2D eigenvalue weighted by molar-refractivity contribution is 9.11. The number of aryl methyl sites for hydroxylation is 1. The van der Waals surface area contributed by atoms with Crippen LogP contribution in [0.2, 0.25) is 5.02 Å². The number of halogens is 2. The molecule has 0 saturated heterocycles. The summed E-state index contributed by atoms with van der Waals surface area (Å²) >= 11 is 10.9. The van der Waals surface area contributed by atoms with Gasteiger partial charge < -0.3 is 9.84 Å². The van der Waals surface area contributed by atoms with Crippen LogP contribution >= 0.6 is 38.9 Å². The van der Waals surface area contributed by atoms with E-state index in [1.807, 2.05) is 13.0 Å². The van der Waals surface area contributed by atoms with Crippen molar-refractivity contribution in [1.29, 1.82) is 0 Å². The highest BCUT2D eigenvalue weighted by Gasteiger charge is 2.18. The third kappa shape index (κ3) is 2.72. The predicted octanol–water partition coefficient (Wildman–Crippen LogP) is 4.56. The Morgan fingerprint density at radius 3 is 2.67 bits per heavy atom. The Balaban J connectivity index is 2.44. The van der Waals surface area contributed by atoms with Crippen LogP contribution in [0.3, 0.4) is 0 Å². The summed E-state index contributed by atoms with van der Waals surface area (Å²) < 4.78 is 6.28. The lowest BCUT2D eigenvalue weighted by atomic mass is 10.1. The van der Waals surface area contributed by atoms with Crippen molar-refractivity contribution < 1.29 is 9.84 Å². The van der Waals surface area contributed by atoms with Crippen LogP contribution < -0.4 is 4.74 Å². The molecule has 0 bridgehead atoms. The van der Waals surface area contributed by atoms with Gasteiger partial charge in [-0.1, -0.05) is 11.6 Å². The molecule has 0 spiro atoms. The van der Waals surface area contributed by atoms with Gasteiger partial charge in [0.05, 0.1) is 10.9 Å². The molecule has 96 valence electrons. The van der Waals surface area contributed by atoms with Gasteiger partial charge in [0.2, 0.25) is 0 Å². The molecule has 1 N–H and O–H groups in total. The zero-order chi connectivity index (χ0) is 13.3. The molecule has 1 atom stereocenters. The minimum atomic E-state index is -0.728. The molecule has 0 saturated carbocycles. The van der Waals surface area contributed by atoms with Gasteiger partial charge in [0, 0.05) is 15.5 Å². The molecule has 1 heterocycles. The second-order valence-corrected chi connectivity index (χ2v) is 6.73. The van der Waals surface area contributed by atoms with Crippen LogP contribution in [0.4, 0.5) is 0 Å². The van der Waals surface area contributed by atoms with Crippen molar-refractivity contribution in [2.75, 3.05) is 7.11 Å². The van der Waals surface area contributed by atoms with Crippen LogP contribution in [0.5, 0.6) is 5.75 Å². The summed E-state index contributed by atoms with van der Waals surface area (Å²) in [5.74, 6) is 0.633. The Morgan fingerprint density at radius 1 is 1.39 bits per heavy atom. The molecule has 2 aromatic rings. The molecule has 1 aromatic heterocycles. The van der Waals surface area contributed by atoms with Crippen molar-refractivity contribution in [2.45, 2.75) is 13.0 Å². The van der Waals surface area contributed by atoms with Crippen molar-refractivity contribution in [3.05, 3.63) is 49.1 Å². The standard InChI is InChI=1S/C13H12BrClO2S/c1-7-5-11(18-13(7)14)12(16)9-6-8(15)3-4-10(9)17-2/h3-6,12,16H,1-2H3. The molecular formula is C13H12BrClO2S. The molecule has 0 aliphatic carbocycles. The lowest BCUT2D eigenvalue weighted by Crippen LogP contribution is -2.00. The minimum Gasteiger partial charge on any atom is -0.496 e. The van der Waals surface area contributed by atoms with Gasteiger partial charge in [-0.25, -0.2) is 0 Å². The molecule has 5 heteroatoms. The van der Waals surface area contributed by atoms with Gasteiger partial charge in [-0.3, -0.25) is 0 Å². The second kappa shape index (κ2) is 5.61. The lowest BCUT2D eigenvalue weighted by Gasteiger charge is -2.13. The maximum absolute atomic E-state index is 10.4. The first kappa shape index (κ1) is 13.9. The fraction of sp³-hybridized carbons (Fsp3) is 0.231. The number of ether oxygens (including phenoxy) is 1. The quantitative estimate of drug-likeness (QED) is 0.882. The number of thiophene rings is 1. The van der Waals surface area contributed by atoms with Crippen molar-refractivity contribution in [1.82, 2.24) is 0 Å². The molecule has 18 heavy (non-hydrogen) atoms. The van der Waals surface area contributed by atoms with E-state index in [-0.39, 0.29) is 0 Å². The van der Waals surface area contributed by atoms with Gasteiger partial charge >= 0.3 is 0 Å². The summed E-state index contributed by atoms with van der Waals surface area (Å²) in [4.78, 5) is 0.861. The first-order valence-electron chi connectivity index (χ1n) is 5.30. The van der Waals surface area contributed by atoms with Gasteiger partial charge in [-0.2, -0.15) is 0 Å². The highest BCUT2D eigenvalue weighted by Crippen LogP contribution is 2.38. The lowest BCUT2D eigenvalue weighted by molar-refractivity contribution is 0.218. The summed E-state index contributed by atoms with van der Waals surface area (Å²) in [6, 6.07) is 7.19. The van der Waals surface area contributed by atoms with Crippen LogP contribution in [0.1, 0.15) is 22.1 Å². The minimum absolute atomic E-state index is 0.581. The Bertz CT molecular complexity index is 549. The first-order chi connectivity index (χ1) is 8.52. The Hall–Kier alpha value is -0.550. The van der Waals surface area contributed by atoms with E-state index in [1.54, 1.807) is 25.3 Å². The highest BCUT2D eigenvalue weighted by atomic mass is 79.9. The van der Waals surface area contributed by atoms with Crippen LogP contribution in [-0.4, -0.2) is 12.2 Å². The molecule has 0 fully saturated rings. The van der Waals surface area contributed by atoms with Gasteiger partial charge in [0.15, 0.2) is 0 Å². The van der Waals surface area contributed by atoms with Gasteiger partial charge in [0.1, 0.15) is 11.9 Å². The van der Waals surface area contributed by atoms with Crippen LogP contribution in [0, 0.1) is 6.92 Å². The van der Waals surface area contributed by atoms with Crippen molar-refractivity contribution >= 4 is 38.9 Å². The maximum Gasteiger partial charge on any atom is 0.125 e. The summed E-state index contributed by atoms with van der Waals surface area (Å²) in [5, 5.41) is 11.0. The number of aliphatic hydroxyl groups excluding tert-OH is 1. The molecule has 2 nitrogen and oxygen atoms in total. The second-order valence-electron chi connectivity index (χ2n) is 3.89. The summed E-state index contributed by atoms with van der Waals surface area (Å²) in [6.07, 6.45) is -0.728. The molecule has 2 rings (SSSR count). The van der Waals surface area contributed by atoms with Crippen molar-refractivity contribution in [2.24, 2.45) is 0 Å². The SMILES string of the molecule is COc1ccc(Cl)cc1C(O)c1cc(C)c(Br)s1. The van der Waals surface area contributed by atoms with Gasteiger partial charge in [-0.15, -0.1) is 11.3 Å². The molecule has 0 aliphatic heterocycles. The van der Waals surface area contributed by atoms with E-state index in [9.17, 15) is 5.11 Å². The number of rotatable bonds is 3. The molecule has 0 radical (unpaired) electrons. The average Bonchev–Trinajstić information content (AvgIpc) is 2.68. The molecule has 1 aromatic carbocycles. The van der Waals surface area contributed by atoms with Gasteiger partial charge in [-0.05, 0) is 52.7 Å². The maximum atomic E-state index is 10.4. The monoisotopic (exact) mass is 346 g/mol. The largest absolute Gasteiger partial charge is 0.496 e. The van der Waals surface area contributed by atoms with E-state index in [0.717, 1.165) is 14.2 Å². The van der Waals surface area contributed by atoms with E-state index in [0.29, 0.717) is 16.3 Å². The van der Waals surface area contributed by atoms with E-state index in [2.05, 4.69) is 15.9 Å². The summed E-state index contributed by atoms with van der Waals surface area (Å²) in [7, 11) is 1.58. The normalized spacial score (nSPS) is 12.5. The molecule has 1 unspecified atom stereocenters. The molecule has 0 amide bonds.